The molecule has 0 aromatic carbocycles. The van der Waals surface area contributed by atoms with Gasteiger partial charge in [-0.1, -0.05) is 6.42 Å². The Morgan fingerprint density at radius 3 is 2.89 bits per heavy atom. The molecule has 18 heavy (non-hydrogen) atoms. The highest BCUT2D eigenvalue weighted by atomic mass is 16.5. The number of esters is 1. The predicted molar refractivity (Wildman–Crippen MR) is 65.5 cm³/mol. The highest BCUT2D eigenvalue weighted by Crippen LogP contribution is 2.39. The summed E-state index contributed by atoms with van der Waals surface area (Å²) in [4.78, 5) is 17.9. The standard InChI is InChI=1S/C13H18N2O3/c1-2-17-12(16)11-8-18-13(14-11)15-6-9-4-3-5-10(9)7-15/h8-10H,2-7H2,1H3. The van der Waals surface area contributed by atoms with E-state index >= 15 is 0 Å². The van der Waals surface area contributed by atoms with Crippen LogP contribution in [0.5, 0.6) is 0 Å². The van der Waals surface area contributed by atoms with Crippen LogP contribution in [0, 0.1) is 11.8 Å². The van der Waals surface area contributed by atoms with Gasteiger partial charge in [0, 0.05) is 13.1 Å². The molecule has 1 aromatic rings. The van der Waals surface area contributed by atoms with E-state index in [-0.39, 0.29) is 5.69 Å². The van der Waals surface area contributed by atoms with Crippen LogP contribution in [0.1, 0.15) is 36.7 Å². The monoisotopic (exact) mass is 250 g/mol. The summed E-state index contributed by atoms with van der Waals surface area (Å²) < 4.78 is 10.3. The van der Waals surface area contributed by atoms with E-state index in [1.807, 2.05) is 0 Å². The quantitative estimate of drug-likeness (QED) is 0.769. The maximum absolute atomic E-state index is 11.5. The molecule has 0 bridgehead atoms. The van der Waals surface area contributed by atoms with Gasteiger partial charge < -0.3 is 14.1 Å². The van der Waals surface area contributed by atoms with E-state index < -0.39 is 5.97 Å². The lowest BCUT2D eigenvalue weighted by Crippen LogP contribution is -2.21. The minimum atomic E-state index is -0.410. The Bertz CT molecular complexity index is 431. The fourth-order valence-electron chi connectivity index (χ4n) is 3.10. The number of hydrogen-bond acceptors (Lipinski definition) is 5. The second-order valence-electron chi connectivity index (χ2n) is 5.09. The number of hydrogen-bond donors (Lipinski definition) is 0. The average Bonchev–Trinajstić information content (AvgIpc) is 3.03. The summed E-state index contributed by atoms with van der Waals surface area (Å²) in [5, 5.41) is 0. The summed E-state index contributed by atoms with van der Waals surface area (Å²) in [5.74, 6) is 1.15. The number of oxazole rings is 1. The number of ether oxygens (including phenoxy) is 1. The smallest absolute Gasteiger partial charge is 0.360 e. The number of aromatic nitrogens is 1. The van der Waals surface area contributed by atoms with Crippen molar-refractivity contribution in [2.75, 3.05) is 24.6 Å². The minimum absolute atomic E-state index is 0.268. The van der Waals surface area contributed by atoms with Gasteiger partial charge in [-0.15, -0.1) is 0 Å². The van der Waals surface area contributed by atoms with Crippen molar-refractivity contribution in [3.05, 3.63) is 12.0 Å². The van der Waals surface area contributed by atoms with E-state index in [0.29, 0.717) is 12.6 Å². The first-order chi connectivity index (χ1) is 8.78. The molecule has 1 saturated carbocycles. The summed E-state index contributed by atoms with van der Waals surface area (Å²) in [7, 11) is 0. The molecule has 98 valence electrons. The summed E-state index contributed by atoms with van der Waals surface area (Å²) in [5.41, 5.74) is 0.268. The molecule has 2 unspecified atom stereocenters. The van der Waals surface area contributed by atoms with Gasteiger partial charge in [0.05, 0.1) is 6.61 Å². The van der Waals surface area contributed by atoms with E-state index in [4.69, 9.17) is 9.15 Å². The zero-order valence-electron chi connectivity index (χ0n) is 10.6. The van der Waals surface area contributed by atoms with Crippen molar-refractivity contribution >= 4 is 12.0 Å². The fourth-order valence-corrected chi connectivity index (χ4v) is 3.10. The molecule has 0 radical (unpaired) electrons. The van der Waals surface area contributed by atoms with Gasteiger partial charge in [0.2, 0.25) is 0 Å². The summed E-state index contributed by atoms with van der Waals surface area (Å²) in [6, 6.07) is 0.562. The average molecular weight is 250 g/mol. The van der Waals surface area contributed by atoms with Gasteiger partial charge in [-0.05, 0) is 31.6 Å². The topological polar surface area (TPSA) is 55.6 Å². The summed E-state index contributed by atoms with van der Waals surface area (Å²) >= 11 is 0. The van der Waals surface area contributed by atoms with E-state index in [0.717, 1.165) is 24.9 Å². The van der Waals surface area contributed by atoms with Crippen LogP contribution in [-0.4, -0.2) is 30.6 Å². The zero-order valence-corrected chi connectivity index (χ0v) is 10.6. The van der Waals surface area contributed by atoms with Crippen LogP contribution in [0.4, 0.5) is 6.01 Å². The Labute approximate surface area is 106 Å². The summed E-state index contributed by atoms with van der Waals surface area (Å²) in [6.45, 7) is 4.15. The van der Waals surface area contributed by atoms with Crippen molar-refractivity contribution in [2.24, 2.45) is 11.8 Å². The second-order valence-corrected chi connectivity index (χ2v) is 5.09. The molecule has 5 nitrogen and oxygen atoms in total. The van der Waals surface area contributed by atoms with E-state index in [2.05, 4.69) is 9.88 Å². The van der Waals surface area contributed by atoms with Gasteiger partial charge in [-0.25, -0.2) is 4.79 Å². The molecule has 2 aliphatic rings. The van der Waals surface area contributed by atoms with E-state index in [1.54, 1.807) is 6.92 Å². The lowest BCUT2D eigenvalue weighted by Gasteiger charge is -2.13. The molecule has 1 aliphatic carbocycles. The maximum Gasteiger partial charge on any atom is 0.360 e. The number of nitrogens with zero attached hydrogens (tertiary/aromatic N) is 2. The van der Waals surface area contributed by atoms with Gasteiger partial charge in [0.15, 0.2) is 5.69 Å². The Balaban J connectivity index is 1.68. The van der Waals surface area contributed by atoms with Crippen LogP contribution in [0.2, 0.25) is 0 Å². The van der Waals surface area contributed by atoms with E-state index in [9.17, 15) is 4.79 Å². The molecule has 2 fully saturated rings. The van der Waals surface area contributed by atoms with Gasteiger partial charge in [-0.3, -0.25) is 0 Å². The van der Waals surface area contributed by atoms with Gasteiger partial charge >= 0.3 is 5.97 Å². The molecule has 3 rings (SSSR count). The van der Waals surface area contributed by atoms with Gasteiger partial charge in [0.1, 0.15) is 6.26 Å². The maximum atomic E-state index is 11.5. The second kappa shape index (κ2) is 4.63. The third-order valence-electron chi connectivity index (χ3n) is 3.97. The Kier molecular flexibility index (Phi) is 2.97. The van der Waals surface area contributed by atoms with Crippen molar-refractivity contribution in [1.29, 1.82) is 0 Å². The van der Waals surface area contributed by atoms with Crippen LogP contribution in [0.3, 0.4) is 0 Å². The van der Waals surface area contributed by atoms with Crippen molar-refractivity contribution in [2.45, 2.75) is 26.2 Å². The van der Waals surface area contributed by atoms with Crippen LogP contribution in [-0.2, 0) is 4.74 Å². The Morgan fingerprint density at radius 1 is 1.50 bits per heavy atom. The first-order valence-corrected chi connectivity index (χ1v) is 6.65. The molecular weight excluding hydrogens is 232 g/mol. The number of carbonyl (C=O) groups excluding carboxylic acids is 1. The highest BCUT2D eigenvalue weighted by molar-refractivity contribution is 5.87. The molecule has 1 saturated heterocycles. The van der Waals surface area contributed by atoms with Gasteiger partial charge in [0.25, 0.3) is 6.01 Å². The Morgan fingerprint density at radius 2 is 2.22 bits per heavy atom. The number of fused-ring (bicyclic) bond motifs is 1. The number of anilines is 1. The van der Waals surface area contributed by atoms with Crippen LogP contribution in [0.25, 0.3) is 0 Å². The fraction of sp³-hybridized carbons (Fsp3) is 0.692. The SMILES string of the molecule is CCOC(=O)c1coc(N2CC3CCCC3C2)n1. The van der Waals surface area contributed by atoms with Crippen LogP contribution < -0.4 is 4.90 Å². The zero-order chi connectivity index (χ0) is 12.5. The first kappa shape index (κ1) is 11.6. The van der Waals surface area contributed by atoms with Crippen molar-refractivity contribution in [1.82, 2.24) is 4.98 Å². The molecular formula is C13H18N2O3. The van der Waals surface area contributed by atoms with Crippen LogP contribution in [0.15, 0.2) is 10.7 Å². The third-order valence-corrected chi connectivity index (χ3v) is 3.97. The van der Waals surface area contributed by atoms with Crippen molar-refractivity contribution < 1.29 is 13.9 Å². The highest BCUT2D eigenvalue weighted by Gasteiger charge is 2.37. The Hall–Kier alpha value is -1.52. The normalized spacial score (nSPS) is 26.4. The number of rotatable bonds is 3. The molecule has 0 amide bonds. The molecule has 1 aromatic heterocycles. The largest absolute Gasteiger partial charge is 0.461 e. The van der Waals surface area contributed by atoms with Crippen LogP contribution >= 0.6 is 0 Å². The predicted octanol–water partition coefficient (Wildman–Crippen LogP) is 2.09. The summed E-state index contributed by atoms with van der Waals surface area (Å²) in [6.07, 6.45) is 5.36. The molecule has 0 spiro atoms. The van der Waals surface area contributed by atoms with Gasteiger partial charge in [-0.2, -0.15) is 4.98 Å². The number of carbonyl (C=O) groups is 1. The van der Waals surface area contributed by atoms with E-state index in [1.165, 1.54) is 25.5 Å². The lowest BCUT2D eigenvalue weighted by atomic mass is 10.0. The molecule has 2 atom stereocenters. The van der Waals surface area contributed by atoms with Crippen molar-refractivity contribution in [3.63, 3.8) is 0 Å². The molecule has 2 heterocycles. The molecule has 0 N–H and O–H groups in total. The minimum Gasteiger partial charge on any atom is -0.461 e. The molecule has 1 aliphatic heterocycles. The van der Waals surface area contributed by atoms with Crippen molar-refractivity contribution in [3.8, 4) is 0 Å². The third kappa shape index (κ3) is 1.98. The molecule has 5 heteroatoms. The first-order valence-electron chi connectivity index (χ1n) is 6.65. The lowest BCUT2D eigenvalue weighted by molar-refractivity contribution is 0.0519.